The van der Waals surface area contributed by atoms with E-state index in [1.54, 1.807) is 4.90 Å². The van der Waals surface area contributed by atoms with Gasteiger partial charge in [-0.25, -0.2) is 9.97 Å². The predicted molar refractivity (Wildman–Crippen MR) is 105 cm³/mol. The Balaban J connectivity index is 2.15. The van der Waals surface area contributed by atoms with Crippen LogP contribution in [0.2, 0.25) is 0 Å². The Kier molecular flexibility index (Phi) is 8.07. The molecule has 160 valence electrons. The average Bonchev–Trinajstić information content (AvgIpc) is 3.14. The Labute approximate surface area is 168 Å². The molecule has 1 fully saturated rings. The van der Waals surface area contributed by atoms with Gasteiger partial charge in [0.1, 0.15) is 12.4 Å². The maximum absolute atomic E-state index is 12.4. The van der Waals surface area contributed by atoms with Crippen molar-refractivity contribution in [2.45, 2.75) is 45.3 Å². The Morgan fingerprint density at radius 2 is 2.21 bits per heavy atom. The molecule has 1 aliphatic rings. The normalized spacial score (nSPS) is 16.1. The molecule has 0 saturated carbocycles. The minimum Gasteiger partial charge on any atom is -0.379 e. The number of amides is 2. The molecule has 0 spiro atoms. The quantitative estimate of drug-likeness (QED) is 0.262. The van der Waals surface area contributed by atoms with Crippen molar-refractivity contribution in [1.82, 2.24) is 15.3 Å². The summed E-state index contributed by atoms with van der Waals surface area (Å²) in [5.74, 6) is -0.922. The van der Waals surface area contributed by atoms with Gasteiger partial charge in [0, 0.05) is 19.7 Å². The molecule has 2 amide bonds. The first-order valence-corrected chi connectivity index (χ1v) is 9.48. The maximum Gasteiger partial charge on any atom is 0.353 e. The highest BCUT2D eigenvalue weighted by Crippen LogP contribution is 2.35. The van der Waals surface area contributed by atoms with Crippen molar-refractivity contribution in [2.75, 3.05) is 36.5 Å². The number of rotatable bonds is 11. The molecule has 12 heteroatoms. The van der Waals surface area contributed by atoms with Crippen LogP contribution in [0, 0.1) is 10.1 Å². The molecule has 12 nitrogen and oxygen atoms in total. The second kappa shape index (κ2) is 10.5. The van der Waals surface area contributed by atoms with E-state index in [4.69, 9.17) is 10.5 Å². The number of nitrogens with zero attached hydrogens (tertiary/aromatic N) is 4. The van der Waals surface area contributed by atoms with Gasteiger partial charge in [0.15, 0.2) is 0 Å². The standard InChI is InChI=1S/C17H27N7O5/c1-11(2)29-8-4-6-19-15-14(24(27)28)16(22-10-21-15)23-7-3-5-12(23)17(26)20-9-13(18)25/h10-12H,3-9H2,1-2H3,(H2,18,25)(H,20,26)(H,19,21,22). The van der Waals surface area contributed by atoms with Crippen molar-refractivity contribution < 1.29 is 19.2 Å². The monoisotopic (exact) mass is 409 g/mol. The van der Waals surface area contributed by atoms with Gasteiger partial charge >= 0.3 is 5.69 Å². The summed E-state index contributed by atoms with van der Waals surface area (Å²) in [4.78, 5) is 44.1. The number of anilines is 2. The SMILES string of the molecule is CC(C)OCCCNc1ncnc(N2CCCC2C(=O)NCC(N)=O)c1[N+](=O)[O-]. The van der Waals surface area contributed by atoms with E-state index < -0.39 is 22.8 Å². The highest BCUT2D eigenvalue weighted by molar-refractivity contribution is 5.90. The molecule has 0 aliphatic carbocycles. The molecule has 0 bridgehead atoms. The fourth-order valence-electron chi connectivity index (χ4n) is 3.06. The van der Waals surface area contributed by atoms with Gasteiger partial charge in [-0.15, -0.1) is 0 Å². The molecule has 0 aromatic carbocycles. The third kappa shape index (κ3) is 6.24. The van der Waals surface area contributed by atoms with Crippen LogP contribution in [-0.4, -0.2) is 65.1 Å². The number of hydrogen-bond donors (Lipinski definition) is 3. The van der Waals surface area contributed by atoms with Crippen molar-refractivity contribution >= 4 is 29.1 Å². The first-order valence-electron chi connectivity index (χ1n) is 9.48. The lowest BCUT2D eigenvalue weighted by Gasteiger charge is -2.24. The molecule has 0 radical (unpaired) electrons. The van der Waals surface area contributed by atoms with E-state index in [-0.39, 0.29) is 30.0 Å². The van der Waals surface area contributed by atoms with E-state index in [2.05, 4.69) is 20.6 Å². The topological polar surface area (TPSA) is 166 Å². The van der Waals surface area contributed by atoms with Crippen LogP contribution in [0.5, 0.6) is 0 Å². The summed E-state index contributed by atoms with van der Waals surface area (Å²) in [6.07, 6.45) is 3.14. The van der Waals surface area contributed by atoms with Gasteiger partial charge < -0.3 is 26.0 Å². The summed E-state index contributed by atoms with van der Waals surface area (Å²) in [5, 5.41) is 17.1. The van der Waals surface area contributed by atoms with E-state index in [0.717, 1.165) is 0 Å². The van der Waals surface area contributed by atoms with Crippen LogP contribution in [0.25, 0.3) is 0 Å². The highest BCUT2D eigenvalue weighted by atomic mass is 16.6. The third-order valence-corrected chi connectivity index (χ3v) is 4.31. The van der Waals surface area contributed by atoms with Gasteiger partial charge in [0.25, 0.3) is 0 Å². The third-order valence-electron chi connectivity index (χ3n) is 4.31. The van der Waals surface area contributed by atoms with E-state index >= 15 is 0 Å². The van der Waals surface area contributed by atoms with Crippen molar-refractivity contribution in [3.63, 3.8) is 0 Å². The predicted octanol–water partition coefficient (Wildman–Crippen LogP) is 0.182. The second-order valence-electron chi connectivity index (χ2n) is 6.89. The molecular weight excluding hydrogens is 382 g/mol. The van der Waals surface area contributed by atoms with Crippen LogP contribution < -0.4 is 21.3 Å². The van der Waals surface area contributed by atoms with E-state index in [0.29, 0.717) is 39.0 Å². The molecule has 1 aromatic rings. The van der Waals surface area contributed by atoms with Crippen LogP contribution in [0.15, 0.2) is 6.33 Å². The van der Waals surface area contributed by atoms with Crippen LogP contribution in [0.4, 0.5) is 17.3 Å². The minimum atomic E-state index is -0.671. The van der Waals surface area contributed by atoms with E-state index in [1.807, 2.05) is 13.8 Å². The van der Waals surface area contributed by atoms with E-state index in [1.165, 1.54) is 6.33 Å². The lowest BCUT2D eigenvalue weighted by atomic mass is 10.2. The largest absolute Gasteiger partial charge is 0.379 e. The molecule has 1 saturated heterocycles. The van der Waals surface area contributed by atoms with Crippen LogP contribution in [-0.2, 0) is 14.3 Å². The number of carbonyl (C=O) groups excluding carboxylic acids is 2. The second-order valence-corrected chi connectivity index (χ2v) is 6.89. The fourth-order valence-corrected chi connectivity index (χ4v) is 3.06. The molecule has 29 heavy (non-hydrogen) atoms. The number of nitrogens with two attached hydrogens (primary N) is 1. The van der Waals surface area contributed by atoms with Crippen LogP contribution >= 0.6 is 0 Å². The molecular formula is C17H27N7O5. The van der Waals surface area contributed by atoms with Gasteiger partial charge in [-0.3, -0.25) is 19.7 Å². The summed E-state index contributed by atoms with van der Waals surface area (Å²) < 4.78 is 5.45. The number of primary amides is 1. The fraction of sp³-hybridized carbons (Fsp3) is 0.647. The van der Waals surface area contributed by atoms with Gasteiger partial charge in [-0.2, -0.15) is 0 Å². The zero-order chi connectivity index (χ0) is 21.4. The minimum absolute atomic E-state index is 0.0719. The molecule has 1 atom stereocenters. The summed E-state index contributed by atoms with van der Waals surface area (Å²) in [6.45, 7) is 4.95. The lowest BCUT2D eigenvalue weighted by Crippen LogP contribution is -2.46. The Morgan fingerprint density at radius 3 is 2.86 bits per heavy atom. The first kappa shape index (κ1) is 22.3. The van der Waals surface area contributed by atoms with Gasteiger partial charge in [-0.1, -0.05) is 0 Å². The Morgan fingerprint density at radius 1 is 1.45 bits per heavy atom. The number of aromatic nitrogens is 2. The molecule has 1 aromatic heterocycles. The van der Waals surface area contributed by atoms with Gasteiger partial charge in [0.05, 0.1) is 17.6 Å². The number of nitrogens with one attached hydrogen (secondary N) is 2. The Bertz CT molecular complexity index is 743. The summed E-state index contributed by atoms with van der Waals surface area (Å²) in [5.41, 5.74) is 4.77. The number of carbonyl (C=O) groups is 2. The molecule has 1 unspecified atom stereocenters. The van der Waals surface area contributed by atoms with E-state index in [9.17, 15) is 19.7 Å². The summed E-state index contributed by atoms with van der Waals surface area (Å²) in [7, 11) is 0. The maximum atomic E-state index is 12.4. The average molecular weight is 409 g/mol. The Hall–Kier alpha value is -3.02. The van der Waals surface area contributed by atoms with Gasteiger partial charge in [0.2, 0.25) is 23.5 Å². The molecule has 1 aliphatic heterocycles. The molecule has 2 rings (SSSR count). The summed E-state index contributed by atoms with van der Waals surface area (Å²) in [6, 6.07) is -0.671. The highest BCUT2D eigenvalue weighted by Gasteiger charge is 2.37. The van der Waals surface area contributed by atoms with Crippen LogP contribution in [0.3, 0.4) is 0 Å². The number of ether oxygens (including phenoxy) is 1. The zero-order valence-electron chi connectivity index (χ0n) is 16.6. The zero-order valence-corrected chi connectivity index (χ0v) is 16.6. The smallest absolute Gasteiger partial charge is 0.353 e. The van der Waals surface area contributed by atoms with Crippen molar-refractivity contribution in [2.24, 2.45) is 5.73 Å². The van der Waals surface area contributed by atoms with Gasteiger partial charge in [-0.05, 0) is 33.1 Å². The van der Waals surface area contributed by atoms with Crippen molar-refractivity contribution in [3.05, 3.63) is 16.4 Å². The summed E-state index contributed by atoms with van der Waals surface area (Å²) >= 11 is 0. The molecule has 2 heterocycles. The van der Waals surface area contributed by atoms with Crippen molar-refractivity contribution in [1.29, 1.82) is 0 Å². The van der Waals surface area contributed by atoms with Crippen LogP contribution in [0.1, 0.15) is 33.1 Å². The number of hydrogen-bond acceptors (Lipinski definition) is 9. The molecule has 4 N–H and O–H groups in total. The lowest BCUT2D eigenvalue weighted by molar-refractivity contribution is -0.383. The number of nitro groups is 1. The first-order chi connectivity index (χ1) is 13.8. The van der Waals surface area contributed by atoms with Crippen molar-refractivity contribution in [3.8, 4) is 0 Å².